The molecular formula is C24H25N5O2. The summed E-state index contributed by atoms with van der Waals surface area (Å²) in [6.45, 7) is 6.51. The van der Waals surface area contributed by atoms with E-state index in [0.29, 0.717) is 39.7 Å². The first-order chi connectivity index (χ1) is 15.1. The fraction of sp³-hybridized carbons (Fsp3) is 0.333. The van der Waals surface area contributed by atoms with Gasteiger partial charge in [0.25, 0.3) is 11.6 Å². The summed E-state index contributed by atoms with van der Waals surface area (Å²) in [5, 5.41) is 9.51. The minimum absolute atomic E-state index is 0.00416. The molecule has 3 aromatic heterocycles. The zero-order valence-corrected chi connectivity index (χ0v) is 17.8. The smallest absolute Gasteiger partial charge is 0.259 e. The van der Waals surface area contributed by atoms with E-state index in [1.807, 2.05) is 65.2 Å². The van der Waals surface area contributed by atoms with Gasteiger partial charge in [-0.15, -0.1) is 0 Å². The molecule has 7 nitrogen and oxygen atoms in total. The van der Waals surface area contributed by atoms with E-state index in [0.717, 1.165) is 38.0 Å². The maximum atomic E-state index is 13.7. The number of hydrogen-bond acceptors (Lipinski definition) is 5. The molecule has 0 unspecified atom stereocenters. The predicted octanol–water partition coefficient (Wildman–Crippen LogP) is 4.65. The molecule has 1 aliphatic rings. The molecular weight excluding hydrogens is 390 g/mol. The summed E-state index contributed by atoms with van der Waals surface area (Å²) in [6, 6.07) is 13.5. The van der Waals surface area contributed by atoms with E-state index in [9.17, 15) is 4.79 Å². The molecule has 1 amide bonds. The molecule has 4 aromatic rings. The quantitative estimate of drug-likeness (QED) is 0.485. The molecule has 1 aliphatic heterocycles. The average molecular weight is 415 g/mol. The summed E-state index contributed by atoms with van der Waals surface area (Å²) in [5.41, 5.74) is 3.79. The first-order valence-electron chi connectivity index (χ1n) is 10.8. The van der Waals surface area contributed by atoms with E-state index < -0.39 is 0 Å². The standard InChI is InChI=1S/C24H25N5O2/c1-3-29-13-11-19(26-29)20-14-18(24(30)28-12-7-8-16(2)15-28)21-22(27-31-23(21)25-20)17-9-5-4-6-10-17/h4-6,9-11,13-14,16H,3,7-8,12,15H2,1-2H3/t16-/m1/s1. The van der Waals surface area contributed by atoms with Gasteiger partial charge in [-0.25, -0.2) is 4.98 Å². The first-order valence-corrected chi connectivity index (χ1v) is 10.8. The second-order valence-corrected chi connectivity index (χ2v) is 8.19. The number of benzene rings is 1. The van der Waals surface area contributed by atoms with Gasteiger partial charge in [0.15, 0.2) is 0 Å². The number of likely N-dealkylation sites (tertiary alicyclic amines) is 1. The molecule has 0 radical (unpaired) electrons. The van der Waals surface area contributed by atoms with Crippen molar-refractivity contribution in [3.8, 4) is 22.6 Å². The molecule has 0 N–H and O–H groups in total. The van der Waals surface area contributed by atoms with Crippen molar-refractivity contribution in [2.75, 3.05) is 13.1 Å². The van der Waals surface area contributed by atoms with Gasteiger partial charge in [-0.05, 0) is 37.8 Å². The zero-order valence-electron chi connectivity index (χ0n) is 17.8. The summed E-state index contributed by atoms with van der Waals surface area (Å²) >= 11 is 0. The van der Waals surface area contributed by atoms with Gasteiger partial charge in [0.05, 0.1) is 16.6 Å². The van der Waals surface area contributed by atoms with Gasteiger partial charge in [0.1, 0.15) is 11.4 Å². The van der Waals surface area contributed by atoms with Gasteiger partial charge >= 0.3 is 0 Å². The lowest BCUT2D eigenvalue weighted by atomic mass is 9.98. The van der Waals surface area contributed by atoms with E-state index in [-0.39, 0.29) is 5.91 Å². The number of pyridine rings is 1. The third kappa shape index (κ3) is 3.60. The van der Waals surface area contributed by atoms with Crippen LogP contribution in [0.5, 0.6) is 0 Å². The molecule has 0 aliphatic carbocycles. The van der Waals surface area contributed by atoms with Crippen LogP contribution in [0.1, 0.15) is 37.0 Å². The molecule has 158 valence electrons. The van der Waals surface area contributed by atoms with Gasteiger partial charge in [-0.1, -0.05) is 42.4 Å². The van der Waals surface area contributed by atoms with E-state index in [1.54, 1.807) is 0 Å². The fourth-order valence-corrected chi connectivity index (χ4v) is 4.26. The molecule has 1 saturated heterocycles. The van der Waals surface area contributed by atoms with Crippen LogP contribution in [-0.4, -0.2) is 43.8 Å². The van der Waals surface area contributed by atoms with Crippen LogP contribution >= 0.6 is 0 Å². The SMILES string of the molecule is CCn1ccc(-c2cc(C(=O)N3CCC[C@@H](C)C3)c3c(-c4ccccc4)noc3n2)n1. The second kappa shape index (κ2) is 7.98. The Hall–Kier alpha value is -3.48. The third-order valence-electron chi connectivity index (χ3n) is 5.90. The topological polar surface area (TPSA) is 77.0 Å². The van der Waals surface area contributed by atoms with E-state index in [1.165, 1.54) is 0 Å². The predicted molar refractivity (Wildman–Crippen MR) is 118 cm³/mol. The van der Waals surface area contributed by atoms with Crippen molar-refractivity contribution in [3.05, 3.63) is 54.2 Å². The minimum atomic E-state index is -0.00416. The zero-order chi connectivity index (χ0) is 21.4. The van der Waals surface area contributed by atoms with Gasteiger partial charge in [0.2, 0.25) is 0 Å². The van der Waals surface area contributed by atoms with Crippen molar-refractivity contribution < 1.29 is 9.32 Å². The second-order valence-electron chi connectivity index (χ2n) is 8.19. The van der Waals surface area contributed by atoms with Crippen molar-refractivity contribution in [2.24, 2.45) is 5.92 Å². The highest BCUT2D eigenvalue weighted by Gasteiger charge is 2.28. The van der Waals surface area contributed by atoms with Crippen molar-refractivity contribution >= 4 is 17.0 Å². The van der Waals surface area contributed by atoms with Gasteiger partial charge < -0.3 is 9.42 Å². The molecule has 5 rings (SSSR count). The van der Waals surface area contributed by atoms with Crippen LogP contribution in [0.3, 0.4) is 0 Å². The Bertz CT molecular complexity index is 1230. The highest BCUT2D eigenvalue weighted by molar-refractivity contribution is 6.10. The number of piperidine rings is 1. The Morgan fingerprint density at radius 2 is 2.03 bits per heavy atom. The van der Waals surface area contributed by atoms with Gasteiger partial charge in [0, 0.05) is 31.4 Å². The van der Waals surface area contributed by atoms with Crippen LogP contribution in [0.25, 0.3) is 33.7 Å². The monoisotopic (exact) mass is 415 g/mol. The number of carbonyl (C=O) groups excluding carboxylic acids is 1. The average Bonchev–Trinajstić information content (AvgIpc) is 3.46. The Kier molecular flexibility index (Phi) is 5.02. The Morgan fingerprint density at radius 1 is 1.19 bits per heavy atom. The van der Waals surface area contributed by atoms with Crippen LogP contribution in [-0.2, 0) is 6.54 Å². The largest absolute Gasteiger partial charge is 0.338 e. The van der Waals surface area contributed by atoms with Crippen molar-refractivity contribution in [3.63, 3.8) is 0 Å². The van der Waals surface area contributed by atoms with Crippen LogP contribution in [0.2, 0.25) is 0 Å². The number of fused-ring (bicyclic) bond motifs is 1. The third-order valence-corrected chi connectivity index (χ3v) is 5.90. The Labute approximate surface area is 180 Å². The van der Waals surface area contributed by atoms with Crippen LogP contribution in [0, 0.1) is 5.92 Å². The van der Waals surface area contributed by atoms with Gasteiger partial charge in [-0.3, -0.25) is 9.48 Å². The highest BCUT2D eigenvalue weighted by Crippen LogP contribution is 2.33. The maximum Gasteiger partial charge on any atom is 0.259 e. The fourth-order valence-electron chi connectivity index (χ4n) is 4.26. The number of carbonyl (C=O) groups is 1. The lowest BCUT2D eigenvalue weighted by Gasteiger charge is -2.31. The maximum absolute atomic E-state index is 13.7. The number of aryl methyl sites for hydroxylation is 1. The molecule has 0 saturated carbocycles. The highest BCUT2D eigenvalue weighted by atomic mass is 16.5. The lowest BCUT2D eigenvalue weighted by molar-refractivity contribution is 0.0685. The summed E-state index contributed by atoms with van der Waals surface area (Å²) in [5.74, 6) is 0.487. The number of rotatable bonds is 4. The summed E-state index contributed by atoms with van der Waals surface area (Å²) in [7, 11) is 0. The molecule has 4 heterocycles. The van der Waals surface area contributed by atoms with Crippen molar-refractivity contribution in [2.45, 2.75) is 33.2 Å². The molecule has 1 fully saturated rings. The van der Waals surface area contributed by atoms with Crippen LogP contribution in [0.4, 0.5) is 0 Å². The molecule has 1 aromatic carbocycles. The number of amides is 1. The summed E-state index contributed by atoms with van der Waals surface area (Å²) < 4.78 is 7.47. The number of hydrogen-bond donors (Lipinski definition) is 0. The lowest BCUT2D eigenvalue weighted by Crippen LogP contribution is -2.39. The molecule has 31 heavy (non-hydrogen) atoms. The van der Waals surface area contributed by atoms with E-state index >= 15 is 0 Å². The van der Waals surface area contributed by atoms with Crippen LogP contribution in [0.15, 0.2) is 53.2 Å². The number of nitrogens with zero attached hydrogens (tertiary/aromatic N) is 5. The van der Waals surface area contributed by atoms with Gasteiger partial charge in [-0.2, -0.15) is 5.10 Å². The normalized spacial score (nSPS) is 16.7. The Balaban J connectivity index is 1.68. The van der Waals surface area contributed by atoms with Crippen molar-refractivity contribution in [1.29, 1.82) is 0 Å². The Morgan fingerprint density at radius 3 is 2.77 bits per heavy atom. The van der Waals surface area contributed by atoms with Crippen molar-refractivity contribution in [1.82, 2.24) is 24.8 Å². The van der Waals surface area contributed by atoms with E-state index in [2.05, 4.69) is 22.2 Å². The van der Waals surface area contributed by atoms with E-state index in [4.69, 9.17) is 4.52 Å². The molecule has 0 bridgehead atoms. The molecule has 7 heteroatoms. The summed E-state index contributed by atoms with van der Waals surface area (Å²) in [6.07, 6.45) is 4.08. The van der Waals surface area contributed by atoms with Crippen LogP contribution < -0.4 is 0 Å². The number of aromatic nitrogens is 4. The molecule has 0 spiro atoms. The molecule has 1 atom stereocenters. The minimum Gasteiger partial charge on any atom is -0.338 e. The first kappa shape index (κ1) is 19.5. The summed E-state index contributed by atoms with van der Waals surface area (Å²) in [4.78, 5) is 20.3.